The standard InChI is InChI=1S/C12H25NO/c1-4-5-11-6-7-13(8-11)9-12(2,3)10-14/h11,14H,4-10H2,1-3H3. The van der Waals surface area contributed by atoms with Gasteiger partial charge in [0.2, 0.25) is 0 Å². The number of hydrogen-bond donors (Lipinski definition) is 1. The highest BCUT2D eigenvalue weighted by Crippen LogP contribution is 2.24. The van der Waals surface area contributed by atoms with E-state index in [1.54, 1.807) is 0 Å². The van der Waals surface area contributed by atoms with Crippen molar-refractivity contribution >= 4 is 0 Å². The van der Waals surface area contributed by atoms with Gasteiger partial charge < -0.3 is 10.0 Å². The largest absolute Gasteiger partial charge is 0.396 e. The summed E-state index contributed by atoms with van der Waals surface area (Å²) in [5, 5.41) is 9.20. The van der Waals surface area contributed by atoms with Crippen LogP contribution < -0.4 is 0 Å². The molecule has 1 aliphatic heterocycles. The Morgan fingerprint density at radius 1 is 1.43 bits per heavy atom. The summed E-state index contributed by atoms with van der Waals surface area (Å²) in [5.74, 6) is 0.912. The van der Waals surface area contributed by atoms with Crippen molar-refractivity contribution in [3.05, 3.63) is 0 Å². The first-order chi connectivity index (χ1) is 6.57. The van der Waals surface area contributed by atoms with Crippen molar-refractivity contribution in [2.45, 2.75) is 40.0 Å². The van der Waals surface area contributed by atoms with Gasteiger partial charge in [0.25, 0.3) is 0 Å². The maximum absolute atomic E-state index is 9.20. The molecule has 0 aromatic heterocycles. The highest BCUT2D eigenvalue weighted by molar-refractivity contribution is 4.80. The Hall–Kier alpha value is -0.0800. The molecule has 1 unspecified atom stereocenters. The summed E-state index contributed by atoms with van der Waals surface area (Å²) >= 11 is 0. The number of nitrogens with zero attached hydrogens (tertiary/aromatic N) is 1. The Morgan fingerprint density at radius 3 is 2.71 bits per heavy atom. The fourth-order valence-corrected chi connectivity index (χ4v) is 2.36. The monoisotopic (exact) mass is 199 g/mol. The number of rotatable bonds is 5. The third-order valence-electron chi connectivity index (χ3n) is 3.15. The lowest BCUT2D eigenvalue weighted by Crippen LogP contribution is -2.35. The van der Waals surface area contributed by atoms with Gasteiger partial charge in [0, 0.05) is 25.1 Å². The van der Waals surface area contributed by atoms with Crippen molar-refractivity contribution in [2.24, 2.45) is 11.3 Å². The molecule has 1 rings (SSSR count). The predicted molar refractivity (Wildman–Crippen MR) is 60.3 cm³/mol. The molecule has 2 nitrogen and oxygen atoms in total. The molecule has 0 spiro atoms. The highest BCUT2D eigenvalue weighted by Gasteiger charge is 2.27. The van der Waals surface area contributed by atoms with E-state index in [1.165, 1.54) is 32.4 Å². The van der Waals surface area contributed by atoms with E-state index in [9.17, 15) is 5.11 Å². The number of aliphatic hydroxyl groups excluding tert-OH is 1. The summed E-state index contributed by atoms with van der Waals surface area (Å²) in [5.41, 5.74) is 0.0705. The van der Waals surface area contributed by atoms with Crippen molar-refractivity contribution in [1.29, 1.82) is 0 Å². The molecular weight excluding hydrogens is 174 g/mol. The first kappa shape index (κ1) is 12.0. The van der Waals surface area contributed by atoms with E-state index in [0.717, 1.165) is 12.5 Å². The SMILES string of the molecule is CCCC1CCN(CC(C)(C)CO)C1. The van der Waals surface area contributed by atoms with Gasteiger partial charge in [-0.1, -0.05) is 27.2 Å². The van der Waals surface area contributed by atoms with Crippen LogP contribution in [0.4, 0.5) is 0 Å². The van der Waals surface area contributed by atoms with E-state index >= 15 is 0 Å². The fraction of sp³-hybridized carbons (Fsp3) is 1.00. The zero-order valence-corrected chi connectivity index (χ0v) is 9.92. The Bertz CT molecular complexity index is 168. The predicted octanol–water partition coefficient (Wildman–Crippen LogP) is 2.13. The number of hydrogen-bond acceptors (Lipinski definition) is 2. The van der Waals surface area contributed by atoms with Crippen molar-refractivity contribution < 1.29 is 5.11 Å². The van der Waals surface area contributed by atoms with Gasteiger partial charge in [-0.3, -0.25) is 0 Å². The number of aliphatic hydroxyl groups is 1. The van der Waals surface area contributed by atoms with E-state index in [2.05, 4.69) is 25.7 Å². The van der Waals surface area contributed by atoms with Crippen LogP contribution in [0.2, 0.25) is 0 Å². The first-order valence-electron chi connectivity index (χ1n) is 5.90. The molecule has 1 aliphatic rings. The smallest absolute Gasteiger partial charge is 0.0494 e. The fourth-order valence-electron chi connectivity index (χ4n) is 2.36. The topological polar surface area (TPSA) is 23.5 Å². The van der Waals surface area contributed by atoms with Crippen LogP contribution in [-0.2, 0) is 0 Å². The molecule has 1 fully saturated rings. The van der Waals surface area contributed by atoms with Crippen molar-refractivity contribution in [3.8, 4) is 0 Å². The van der Waals surface area contributed by atoms with Crippen LogP contribution >= 0.6 is 0 Å². The minimum absolute atomic E-state index is 0.0705. The molecule has 0 aromatic rings. The second kappa shape index (κ2) is 5.13. The molecule has 0 amide bonds. The first-order valence-corrected chi connectivity index (χ1v) is 5.90. The van der Waals surface area contributed by atoms with Gasteiger partial charge in [0.05, 0.1) is 0 Å². The molecule has 1 N–H and O–H groups in total. The maximum atomic E-state index is 9.20. The van der Waals surface area contributed by atoms with Gasteiger partial charge in [-0.25, -0.2) is 0 Å². The van der Waals surface area contributed by atoms with E-state index in [4.69, 9.17) is 0 Å². The Kier molecular flexibility index (Phi) is 4.39. The molecule has 84 valence electrons. The average Bonchev–Trinajstić information content (AvgIpc) is 2.53. The van der Waals surface area contributed by atoms with Gasteiger partial charge in [-0.15, -0.1) is 0 Å². The Labute approximate surface area is 88.3 Å². The minimum atomic E-state index is 0.0705. The van der Waals surface area contributed by atoms with Gasteiger partial charge in [0.1, 0.15) is 0 Å². The number of likely N-dealkylation sites (tertiary alicyclic amines) is 1. The Balaban J connectivity index is 2.28. The zero-order chi connectivity index (χ0) is 10.6. The van der Waals surface area contributed by atoms with Gasteiger partial charge in [-0.05, 0) is 25.3 Å². The zero-order valence-electron chi connectivity index (χ0n) is 9.92. The molecule has 1 heterocycles. The molecule has 0 bridgehead atoms. The van der Waals surface area contributed by atoms with E-state index in [0.29, 0.717) is 6.61 Å². The lowest BCUT2D eigenvalue weighted by molar-refractivity contribution is 0.113. The molecule has 0 aromatic carbocycles. The molecule has 0 aliphatic carbocycles. The Morgan fingerprint density at radius 2 is 2.14 bits per heavy atom. The lowest BCUT2D eigenvalue weighted by Gasteiger charge is -2.28. The summed E-state index contributed by atoms with van der Waals surface area (Å²) < 4.78 is 0. The molecule has 1 atom stereocenters. The third kappa shape index (κ3) is 3.58. The highest BCUT2D eigenvalue weighted by atomic mass is 16.3. The van der Waals surface area contributed by atoms with E-state index in [1.807, 2.05) is 0 Å². The second-order valence-corrected chi connectivity index (χ2v) is 5.50. The van der Waals surface area contributed by atoms with Crippen molar-refractivity contribution in [3.63, 3.8) is 0 Å². The molecule has 0 radical (unpaired) electrons. The molecule has 1 saturated heterocycles. The van der Waals surface area contributed by atoms with E-state index < -0.39 is 0 Å². The van der Waals surface area contributed by atoms with Gasteiger partial charge >= 0.3 is 0 Å². The maximum Gasteiger partial charge on any atom is 0.0494 e. The van der Waals surface area contributed by atoms with Crippen LogP contribution in [0.15, 0.2) is 0 Å². The third-order valence-corrected chi connectivity index (χ3v) is 3.15. The minimum Gasteiger partial charge on any atom is -0.396 e. The van der Waals surface area contributed by atoms with Crippen LogP contribution in [-0.4, -0.2) is 36.2 Å². The van der Waals surface area contributed by atoms with Crippen molar-refractivity contribution in [2.75, 3.05) is 26.2 Å². The normalized spacial score (nSPS) is 24.4. The van der Waals surface area contributed by atoms with Crippen LogP contribution in [0.5, 0.6) is 0 Å². The second-order valence-electron chi connectivity index (χ2n) is 5.50. The summed E-state index contributed by atoms with van der Waals surface area (Å²) in [6.07, 6.45) is 4.04. The van der Waals surface area contributed by atoms with E-state index in [-0.39, 0.29) is 5.41 Å². The molecule has 0 saturated carbocycles. The van der Waals surface area contributed by atoms with Crippen LogP contribution in [0, 0.1) is 11.3 Å². The summed E-state index contributed by atoms with van der Waals surface area (Å²) in [6.45, 7) is 10.4. The van der Waals surface area contributed by atoms with Crippen molar-refractivity contribution in [1.82, 2.24) is 4.90 Å². The summed E-state index contributed by atoms with van der Waals surface area (Å²) in [7, 11) is 0. The lowest BCUT2D eigenvalue weighted by atomic mass is 9.94. The van der Waals surface area contributed by atoms with Crippen LogP contribution in [0.1, 0.15) is 40.0 Å². The quantitative estimate of drug-likeness (QED) is 0.733. The van der Waals surface area contributed by atoms with Crippen LogP contribution in [0.25, 0.3) is 0 Å². The van der Waals surface area contributed by atoms with Crippen LogP contribution in [0.3, 0.4) is 0 Å². The van der Waals surface area contributed by atoms with Gasteiger partial charge in [-0.2, -0.15) is 0 Å². The van der Waals surface area contributed by atoms with Gasteiger partial charge in [0.15, 0.2) is 0 Å². The average molecular weight is 199 g/mol. The summed E-state index contributed by atoms with van der Waals surface area (Å²) in [4.78, 5) is 2.51. The molecular formula is C12H25NO. The molecule has 14 heavy (non-hydrogen) atoms. The molecule has 2 heteroatoms. The summed E-state index contributed by atoms with van der Waals surface area (Å²) in [6, 6.07) is 0.